The fourth-order valence-corrected chi connectivity index (χ4v) is 6.14. The van der Waals surface area contributed by atoms with Gasteiger partial charge < -0.3 is 4.42 Å². The van der Waals surface area contributed by atoms with Crippen molar-refractivity contribution in [2.75, 3.05) is 0 Å². The van der Waals surface area contributed by atoms with Crippen LogP contribution >= 0.6 is 11.3 Å². The van der Waals surface area contributed by atoms with E-state index in [1.807, 2.05) is 54.6 Å². The van der Waals surface area contributed by atoms with Gasteiger partial charge in [0.15, 0.2) is 17.5 Å². The predicted octanol–water partition coefficient (Wildman–Crippen LogP) is 10.8. The Morgan fingerprint density at radius 2 is 1.14 bits per heavy atom. The third kappa shape index (κ3) is 4.17. The Morgan fingerprint density at radius 3 is 2.00 bits per heavy atom. The molecule has 44 heavy (non-hydrogen) atoms. The second-order valence-corrected chi connectivity index (χ2v) is 11.0. The molecular weight excluding hydrogens is 559 g/mol. The number of nitrogens with zero attached hydrogens (tertiary/aromatic N) is 3. The number of para-hydroxylation sites is 1. The molecule has 0 unspecified atom stereocenters. The Kier molecular flexibility index (Phi) is 3.69. The van der Waals surface area contributed by atoms with Crippen LogP contribution in [-0.2, 0) is 0 Å². The summed E-state index contributed by atoms with van der Waals surface area (Å²) in [5, 5.41) is 1.83. The van der Waals surface area contributed by atoms with Crippen LogP contribution in [0.2, 0.25) is 0 Å². The zero-order valence-electron chi connectivity index (χ0n) is 33.6. The van der Waals surface area contributed by atoms with E-state index in [0.717, 1.165) is 22.1 Å². The van der Waals surface area contributed by atoms with Gasteiger partial charge in [0.1, 0.15) is 11.2 Å². The van der Waals surface area contributed by atoms with E-state index in [-0.39, 0.29) is 60.4 Å². The van der Waals surface area contributed by atoms with Gasteiger partial charge in [-0.05, 0) is 41.4 Å². The van der Waals surface area contributed by atoms with E-state index >= 15 is 0 Å². The highest BCUT2D eigenvalue weighted by molar-refractivity contribution is 7.25. The van der Waals surface area contributed by atoms with E-state index in [1.54, 1.807) is 18.2 Å². The zero-order valence-corrected chi connectivity index (χ0v) is 23.4. The largest absolute Gasteiger partial charge is 0.456 e. The van der Waals surface area contributed by atoms with Gasteiger partial charge in [0.2, 0.25) is 0 Å². The monoisotopic (exact) mass is 592 g/mol. The molecule has 0 saturated carbocycles. The highest BCUT2D eigenvalue weighted by atomic mass is 32.1. The minimum Gasteiger partial charge on any atom is -0.456 e. The Bertz CT molecular complexity index is 3100. The van der Waals surface area contributed by atoms with Gasteiger partial charge in [0, 0.05) is 47.6 Å². The maximum atomic E-state index is 9.17. The second-order valence-electron chi connectivity index (χ2n) is 9.99. The molecular formula is C39H23N3OS. The van der Waals surface area contributed by atoms with Crippen molar-refractivity contribution in [2.24, 2.45) is 0 Å². The van der Waals surface area contributed by atoms with Gasteiger partial charge in [-0.25, -0.2) is 15.0 Å². The molecule has 0 fully saturated rings. The minimum absolute atomic E-state index is 0.00961. The summed E-state index contributed by atoms with van der Waals surface area (Å²) in [6.45, 7) is 0. The van der Waals surface area contributed by atoms with E-state index in [0.29, 0.717) is 22.3 Å². The fourth-order valence-electron chi connectivity index (χ4n) is 5.17. The summed E-state index contributed by atoms with van der Waals surface area (Å²) >= 11 is 0.853. The summed E-state index contributed by atoms with van der Waals surface area (Å²) in [4.78, 5) is 14.0. The van der Waals surface area contributed by atoms with Crippen LogP contribution in [0, 0.1) is 0 Å². The molecule has 0 saturated heterocycles. The zero-order chi connectivity index (χ0) is 38.6. The number of hydrogen-bond donors (Lipinski definition) is 0. The van der Waals surface area contributed by atoms with Gasteiger partial charge in [-0.2, -0.15) is 0 Å². The maximum absolute atomic E-state index is 9.17. The van der Waals surface area contributed by atoms with Crippen molar-refractivity contribution in [2.45, 2.75) is 0 Å². The molecule has 0 N–H and O–H groups in total. The van der Waals surface area contributed by atoms with Crippen LogP contribution in [0.3, 0.4) is 0 Å². The normalized spacial score (nSPS) is 15.1. The van der Waals surface area contributed by atoms with E-state index < -0.39 is 60.4 Å². The number of hydrogen-bond acceptors (Lipinski definition) is 5. The number of thiophene rings is 1. The molecule has 0 aliphatic heterocycles. The number of aromatic nitrogens is 3. The Labute approximate surface area is 272 Å². The molecule has 0 amide bonds. The van der Waals surface area contributed by atoms with E-state index in [4.69, 9.17) is 24.5 Å². The molecule has 9 rings (SSSR count). The van der Waals surface area contributed by atoms with Crippen LogP contribution in [0.15, 0.2) is 144 Å². The summed E-state index contributed by atoms with van der Waals surface area (Å²) in [7, 11) is 0. The van der Waals surface area contributed by atoms with E-state index in [2.05, 4.69) is 9.97 Å². The summed E-state index contributed by atoms with van der Waals surface area (Å²) < 4.78 is 103. The van der Waals surface area contributed by atoms with Crippen molar-refractivity contribution in [3.8, 4) is 45.3 Å². The number of furan rings is 1. The van der Waals surface area contributed by atoms with Crippen molar-refractivity contribution in [1.29, 1.82) is 0 Å². The molecule has 4 nitrogen and oxygen atoms in total. The number of rotatable bonds is 4. The predicted molar refractivity (Wildman–Crippen MR) is 182 cm³/mol. The smallest absolute Gasteiger partial charge is 0.164 e. The lowest BCUT2D eigenvalue weighted by Gasteiger charge is -2.09. The maximum Gasteiger partial charge on any atom is 0.164 e. The molecule has 0 aliphatic rings. The van der Waals surface area contributed by atoms with Crippen LogP contribution in [0.1, 0.15) is 15.1 Å². The van der Waals surface area contributed by atoms with Crippen molar-refractivity contribution >= 4 is 53.4 Å². The van der Waals surface area contributed by atoms with Gasteiger partial charge in [-0.3, -0.25) is 0 Å². The first-order valence-electron chi connectivity index (χ1n) is 19.1. The Morgan fingerprint density at radius 1 is 0.477 bits per heavy atom. The molecule has 0 spiro atoms. The Balaban J connectivity index is 1.27. The summed E-state index contributed by atoms with van der Waals surface area (Å²) in [6, 6.07) is 16.8. The second kappa shape index (κ2) is 9.97. The Hall–Kier alpha value is -5.65. The molecule has 0 aliphatic carbocycles. The standard InChI is InChI=1S/C39H23N3OS/c1-2-8-25(9-3-1)37-40-38(42-39(41-37)28-19-20-30-29-10-4-6-12-33(29)43-34(30)22-28)26-16-14-24(15-17-26)27-18-21-32-31-11-5-7-13-35(31)44-36(32)23-27/h1-23H/i5D,7D,11D,13D,14D,15D,16D,17D,18D,21D,23D. The SMILES string of the molecule is [2H]c1c([2H])c(-c2c([2H])c([2H])c3c(sc4c([2H])c([2H])c([2H])c([2H])c43)c2[2H])c([2H])c([2H])c1-c1nc(-c2ccccc2)nc(-c2ccc3c(c2)oc2ccccc23)n1. The molecule has 0 radical (unpaired) electrons. The van der Waals surface area contributed by atoms with Gasteiger partial charge in [-0.15, -0.1) is 11.3 Å². The van der Waals surface area contributed by atoms with Gasteiger partial charge in [0.05, 0.1) is 15.1 Å². The molecule has 3 aromatic heterocycles. The molecule has 0 bridgehead atoms. The van der Waals surface area contributed by atoms with Crippen LogP contribution < -0.4 is 0 Å². The molecule has 5 heteroatoms. The molecule has 3 heterocycles. The lowest BCUT2D eigenvalue weighted by Crippen LogP contribution is -2.00. The van der Waals surface area contributed by atoms with Crippen LogP contribution in [0.4, 0.5) is 0 Å². The average Bonchev–Trinajstić information content (AvgIpc) is 3.79. The quantitative estimate of drug-likeness (QED) is 0.204. The summed E-state index contributed by atoms with van der Waals surface area (Å²) in [5.74, 6) is 0.271. The van der Waals surface area contributed by atoms with Crippen molar-refractivity contribution in [1.82, 2.24) is 15.0 Å². The molecule has 206 valence electrons. The first kappa shape index (κ1) is 16.3. The summed E-state index contributed by atoms with van der Waals surface area (Å²) in [6.07, 6.45) is 0. The van der Waals surface area contributed by atoms with Crippen molar-refractivity contribution in [3.05, 3.63) is 139 Å². The first-order chi connectivity index (χ1) is 26.4. The lowest BCUT2D eigenvalue weighted by molar-refractivity contribution is 0.669. The molecule has 9 aromatic rings. The van der Waals surface area contributed by atoms with Crippen molar-refractivity contribution in [3.63, 3.8) is 0 Å². The third-order valence-corrected chi connectivity index (χ3v) is 8.31. The van der Waals surface area contributed by atoms with E-state index in [1.165, 1.54) is 0 Å². The number of benzene rings is 6. The van der Waals surface area contributed by atoms with Crippen molar-refractivity contribution < 1.29 is 19.5 Å². The highest BCUT2D eigenvalue weighted by Gasteiger charge is 2.15. The highest BCUT2D eigenvalue weighted by Crippen LogP contribution is 2.37. The van der Waals surface area contributed by atoms with Gasteiger partial charge >= 0.3 is 0 Å². The average molecular weight is 593 g/mol. The van der Waals surface area contributed by atoms with Crippen LogP contribution in [0.5, 0.6) is 0 Å². The third-order valence-electron chi connectivity index (χ3n) is 7.29. The minimum atomic E-state index is -0.589. The van der Waals surface area contributed by atoms with Crippen LogP contribution in [0.25, 0.3) is 87.4 Å². The fraction of sp³-hybridized carbons (Fsp3) is 0. The van der Waals surface area contributed by atoms with Gasteiger partial charge in [0.25, 0.3) is 0 Å². The first-order valence-corrected chi connectivity index (χ1v) is 14.5. The van der Waals surface area contributed by atoms with Gasteiger partial charge in [-0.1, -0.05) is 109 Å². The number of fused-ring (bicyclic) bond motifs is 6. The molecule has 0 atom stereocenters. The molecule has 6 aromatic carbocycles. The topological polar surface area (TPSA) is 51.8 Å². The van der Waals surface area contributed by atoms with E-state index in [9.17, 15) is 0 Å². The summed E-state index contributed by atoms with van der Waals surface area (Å²) in [5.41, 5.74) is 1.52. The van der Waals surface area contributed by atoms with Crippen LogP contribution in [-0.4, -0.2) is 15.0 Å². The lowest BCUT2D eigenvalue weighted by atomic mass is 10.0.